The zero-order chi connectivity index (χ0) is 13.1. The van der Waals surface area contributed by atoms with E-state index in [1.54, 1.807) is 11.9 Å². The van der Waals surface area contributed by atoms with Crippen molar-refractivity contribution >= 4 is 32.5 Å². The topological polar surface area (TPSA) is 110 Å². The number of carbonyl (C=O) groups excluding carboxylic acids is 1. The van der Waals surface area contributed by atoms with Gasteiger partial charge in [0.05, 0.1) is 0 Å². The molecule has 0 spiro atoms. The monoisotopic (exact) mass is 349 g/mol. The SMILES string of the molecule is Cc1cccc(C(=O)N(C)c2cc[c]([Ge+3])cc2)c1.[OH-].[OH-].[OH-]. The molecule has 0 aliphatic carbocycles. The Balaban J connectivity index is 0. The molecule has 0 unspecified atom stereocenters. The van der Waals surface area contributed by atoms with E-state index in [1.807, 2.05) is 72.0 Å². The Hall–Kier alpha value is -1.67. The minimum atomic E-state index is 0. The minimum absolute atomic E-state index is 0. The van der Waals surface area contributed by atoms with Gasteiger partial charge in [-0.1, -0.05) is 0 Å². The molecular formula is C15H17GeNO4. The smallest absolute Gasteiger partial charge is 0.870 e. The molecule has 2 rings (SSSR count). The maximum atomic E-state index is 12.3. The van der Waals surface area contributed by atoms with Gasteiger partial charge in [0, 0.05) is 0 Å². The number of aryl methyl sites for hydroxylation is 1. The molecule has 0 aliphatic heterocycles. The molecular weight excluding hydrogens is 331 g/mol. The second-order valence-electron chi connectivity index (χ2n) is 4.28. The van der Waals surface area contributed by atoms with Gasteiger partial charge in [-0.25, -0.2) is 0 Å². The number of carbonyl (C=O) groups is 1. The minimum Gasteiger partial charge on any atom is -0.870 e. The van der Waals surface area contributed by atoms with E-state index in [2.05, 4.69) is 0 Å². The fraction of sp³-hybridized carbons (Fsp3) is 0.133. The molecule has 0 heterocycles. The number of nitrogens with zero attached hydrogens (tertiary/aromatic N) is 1. The Bertz CT molecular complexity index is 572. The van der Waals surface area contributed by atoms with Crippen molar-refractivity contribution in [2.75, 3.05) is 11.9 Å². The molecule has 1 amide bonds. The molecule has 0 fully saturated rings. The molecule has 0 radical (unpaired) electrons. The molecule has 21 heavy (non-hydrogen) atoms. The van der Waals surface area contributed by atoms with Gasteiger partial charge in [-0.2, -0.15) is 0 Å². The van der Waals surface area contributed by atoms with E-state index in [4.69, 9.17) is 0 Å². The van der Waals surface area contributed by atoms with Gasteiger partial charge < -0.3 is 16.4 Å². The first-order valence-electron chi connectivity index (χ1n) is 5.74. The van der Waals surface area contributed by atoms with Crippen LogP contribution in [0.15, 0.2) is 48.5 Å². The van der Waals surface area contributed by atoms with Crippen LogP contribution < -0.4 is 9.30 Å². The number of hydrogen-bond acceptors (Lipinski definition) is 4. The van der Waals surface area contributed by atoms with Crippen molar-refractivity contribution in [3.05, 3.63) is 59.7 Å². The second kappa shape index (κ2) is 9.30. The van der Waals surface area contributed by atoms with Crippen molar-refractivity contribution in [3.8, 4) is 0 Å². The van der Waals surface area contributed by atoms with Crippen LogP contribution in [0, 0.1) is 6.92 Å². The predicted molar refractivity (Wildman–Crippen MR) is 81.5 cm³/mol. The average molecular weight is 348 g/mol. The number of hydrogen-bond donors (Lipinski definition) is 0. The number of amides is 1. The van der Waals surface area contributed by atoms with E-state index in [0.717, 1.165) is 16.8 Å². The summed E-state index contributed by atoms with van der Waals surface area (Å²) in [7, 11) is 1.80. The average Bonchev–Trinajstić information content (AvgIpc) is 2.38. The van der Waals surface area contributed by atoms with E-state index in [0.29, 0.717) is 0 Å². The van der Waals surface area contributed by atoms with Gasteiger partial charge in [-0.3, -0.25) is 0 Å². The molecule has 2 aromatic carbocycles. The van der Waals surface area contributed by atoms with Gasteiger partial charge in [-0.05, 0) is 0 Å². The van der Waals surface area contributed by atoms with Crippen molar-refractivity contribution in [1.29, 1.82) is 0 Å². The normalized spacial score (nSPS) is 8.76. The summed E-state index contributed by atoms with van der Waals surface area (Å²) >= 11 is 2.03. The molecule has 0 saturated carbocycles. The van der Waals surface area contributed by atoms with Crippen LogP contribution in [-0.2, 0) is 0 Å². The van der Waals surface area contributed by atoms with Gasteiger partial charge in [0.1, 0.15) is 0 Å². The largest absolute Gasteiger partial charge is 0.870 e. The van der Waals surface area contributed by atoms with Crippen LogP contribution in [0.3, 0.4) is 0 Å². The maximum absolute atomic E-state index is 12.3. The number of rotatable bonds is 2. The fourth-order valence-electron chi connectivity index (χ4n) is 1.77. The summed E-state index contributed by atoms with van der Waals surface area (Å²) in [6, 6.07) is 15.6. The summed E-state index contributed by atoms with van der Waals surface area (Å²) in [4.78, 5) is 14.0. The van der Waals surface area contributed by atoms with Crippen LogP contribution in [0.2, 0.25) is 0 Å². The van der Waals surface area contributed by atoms with Crippen molar-refractivity contribution in [3.63, 3.8) is 0 Å². The molecule has 0 bridgehead atoms. The molecule has 110 valence electrons. The molecule has 0 aromatic heterocycles. The van der Waals surface area contributed by atoms with Gasteiger partial charge in [-0.15, -0.1) is 0 Å². The standard InChI is InChI=1S/C15H14GeNO.3H2O/c1-11-4-3-5-12(10-11)15(18)17(2)14-8-6-13(16)7-9-14;;;/h3-10H,1-2H3;3*1H2/q+3;;;/p-3. The van der Waals surface area contributed by atoms with Gasteiger partial charge in [0.25, 0.3) is 0 Å². The van der Waals surface area contributed by atoms with E-state index in [1.165, 1.54) is 4.40 Å². The first-order valence-corrected chi connectivity index (χ1v) is 6.79. The van der Waals surface area contributed by atoms with E-state index < -0.39 is 0 Å². The van der Waals surface area contributed by atoms with Crippen LogP contribution in [-0.4, -0.2) is 45.9 Å². The Kier molecular flexibility index (Phi) is 9.58. The number of anilines is 1. The van der Waals surface area contributed by atoms with Crippen molar-refractivity contribution in [2.45, 2.75) is 6.92 Å². The van der Waals surface area contributed by atoms with Gasteiger partial charge >= 0.3 is 116 Å². The first kappa shape index (κ1) is 21.6. The quantitative estimate of drug-likeness (QED) is 0.767. The summed E-state index contributed by atoms with van der Waals surface area (Å²) in [5, 5.41) is 0. The van der Waals surface area contributed by atoms with E-state index in [9.17, 15) is 4.79 Å². The maximum Gasteiger partial charge on any atom is -0.870 e. The van der Waals surface area contributed by atoms with Crippen LogP contribution >= 0.6 is 0 Å². The third kappa shape index (κ3) is 5.32. The van der Waals surface area contributed by atoms with Crippen molar-refractivity contribution < 1.29 is 21.2 Å². The summed E-state index contributed by atoms with van der Waals surface area (Å²) < 4.78 is 1.19. The zero-order valence-corrected chi connectivity index (χ0v) is 13.9. The summed E-state index contributed by atoms with van der Waals surface area (Å²) in [6.07, 6.45) is 0. The van der Waals surface area contributed by atoms with E-state index >= 15 is 0 Å². The molecule has 5 nitrogen and oxygen atoms in total. The van der Waals surface area contributed by atoms with Gasteiger partial charge in [0.15, 0.2) is 0 Å². The van der Waals surface area contributed by atoms with Crippen molar-refractivity contribution in [1.82, 2.24) is 0 Å². The van der Waals surface area contributed by atoms with E-state index in [-0.39, 0.29) is 22.3 Å². The first-order chi connectivity index (χ1) is 8.58. The van der Waals surface area contributed by atoms with Gasteiger partial charge in [0.2, 0.25) is 0 Å². The van der Waals surface area contributed by atoms with Crippen molar-refractivity contribution in [2.24, 2.45) is 0 Å². The van der Waals surface area contributed by atoms with Crippen LogP contribution in [0.1, 0.15) is 15.9 Å². The molecule has 0 atom stereocenters. The van der Waals surface area contributed by atoms with Crippen LogP contribution in [0.5, 0.6) is 0 Å². The number of benzene rings is 2. The Morgan fingerprint density at radius 1 is 1.00 bits per heavy atom. The Morgan fingerprint density at radius 3 is 2.10 bits per heavy atom. The zero-order valence-electron chi connectivity index (χ0n) is 11.8. The van der Waals surface area contributed by atoms with Crippen LogP contribution in [0.4, 0.5) is 5.69 Å². The Morgan fingerprint density at radius 2 is 1.57 bits per heavy atom. The second-order valence-corrected chi connectivity index (χ2v) is 5.49. The summed E-state index contributed by atoms with van der Waals surface area (Å²) in [6.45, 7) is 1.99. The third-order valence-corrected chi connectivity index (χ3v) is 3.52. The third-order valence-electron chi connectivity index (χ3n) is 2.82. The molecule has 3 N–H and O–H groups in total. The van der Waals surface area contributed by atoms with Crippen LogP contribution in [0.25, 0.3) is 0 Å². The summed E-state index contributed by atoms with van der Waals surface area (Å²) in [5.74, 6) is 0.0163. The predicted octanol–water partition coefficient (Wildman–Crippen LogP) is 1.54. The molecule has 2 aromatic rings. The summed E-state index contributed by atoms with van der Waals surface area (Å²) in [5.41, 5.74) is 2.73. The molecule has 0 saturated heterocycles. The molecule has 0 aliphatic rings. The fourth-order valence-corrected chi connectivity index (χ4v) is 2.12. The molecule has 6 heteroatoms. The Labute approximate surface area is 132 Å².